The van der Waals surface area contributed by atoms with Crippen molar-refractivity contribution in [3.63, 3.8) is 0 Å². The van der Waals surface area contributed by atoms with Gasteiger partial charge in [-0.25, -0.2) is 0 Å². The summed E-state index contributed by atoms with van der Waals surface area (Å²) in [5.41, 5.74) is 3.51. The number of nitrogens with zero attached hydrogens (tertiary/aromatic N) is 2. The Bertz CT molecular complexity index is 1100. The van der Waals surface area contributed by atoms with Crippen molar-refractivity contribution < 1.29 is 19.1 Å². The Morgan fingerprint density at radius 1 is 1.11 bits per heavy atom. The minimum Gasteiger partial charge on any atom is -0.497 e. The number of amides is 1. The van der Waals surface area contributed by atoms with Crippen LogP contribution in [0.5, 0.6) is 5.75 Å². The molecule has 0 aliphatic carbocycles. The van der Waals surface area contributed by atoms with E-state index < -0.39 is 11.9 Å². The van der Waals surface area contributed by atoms with Gasteiger partial charge in [0.25, 0.3) is 5.91 Å². The number of rotatable bonds is 4. The Labute approximate surface area is 160 Å². The van der Waals surface area contributed by atoms with Crippen molar-refractivity contribution in [3.05, 3.63) is 57.9 Å². The van der Waals surface area contributed by atoms with Gasteiger partial charge in [-0.2, -0.15) is 4.99 Å². The van der Waals surface area contributed by atoms with E-state index in [0.717, 1.165) is 21.3 Å². The van der Waals surface area contributed by atoms with Crippen molar-refractivity contribution in [3.8, 4) is 5.75 Å². The lowest BCUT2D eigenvalue weighted by atomic mass is 10.1. The summed E-state index contributed by atoms with van der Waals surface area (Å²) in [5.74, 6) is -0.211. The molecule has 140 valence electrons. The minimum atomic E-state index is -0.400. The summed E-state index contributed by atoms with van der Waals surface area (Å²) in [6, 6.07) is 10.9. The summed E-state index contributed by atoms with van der Waals surface area (Å²) < 4.78 is 12.6. The quantitative estimate of drug-likeness (QED) is 0.648. The Morgan fingerprint density at radius 3 is 2.56 bits per heavy atom. The molecule has 0 saturated carbocycles. The lowest BCUT2D eigenvalue weighted by molar-refractivity contribution is -0.141. The number of carbonyl (C=O) groups excluding carboxylic acids is 2. The zero-order valence-corrected chi connectivity index (χ0v) is 16.4. The number of thiazole rings is 1. The Kier molecular flexibility index (Phi) is 5.41. The van der Waals surface area contributed by atoms with Gasteiger partial charge in [-0.3, -0.25) is 9.59 Å². The number of benzene rings is 2. The third-order valence-electron chi connectivity index (χ3n) is 4.33. The molecule has 0 saturated heterocycles. The van der Waals surface area contributed by atoms with Gasteiger partial charge in [0.05, 0.1) is 24.4 Å². The van der Waals surface area contributed by atoms with E-state index in [9.17, 15) is 9.59 Å². The number of hydrogen-bond acceptors (Lipinski definition) is 5. The molecule has 1 heterocycles. The molecule has 1 aromatic heterocycles. The molecule has 0 fully saturated rings. The van der Waals surface area contributed by atoms with Crippen LogP contribution < -0.4 is 9.54 Å². The van der Waals surface area contributed by atoms with Crippen molar-refractivity contribution in [2.45, 2.75) is 20.4 Å². The predicted octanol–water partition coefficient (Wildman–Crippen LogP) is 3.24. The van der Waals surface area contributed by atoms with Gasteiger partial charge in [-0.15, -0.1) is 0 Å². The SMILES string of the molecule is COC(=O)Cn1c(=NC(=O)c2cccc(OC)c2)sc2cc(C)c(C)cc21. The van der Waals surface area contributed by atoms with E-state index >= 15 is 0 Å². The Hall–Kier alpha value is -2.93. The van der Waals surface area contributed by atoms with Gasteiger partial charge in [-0.1, -0.05) is 17.4 Å². The van der Waals surface area contributed by atoms with Gasteiger partial charge in [0.1, 0.15) is 12.3 Å². The average molecular weight is 384 g/mol. The summed E-state index contributed by atoms with van der Waals surface area (Å²) in [4.78, 5) is 29.3. The van der Waals surface area contributed by atoms with E-state index in [1.165, 1.54) is 18.4 Å². The maximum atomic E-state index is 12.7. The van der Waals surface area contributed by atoms with Gasteiger partial charge >= 0.3 is 5.97 Å². The smallest absolute Gasteiger partial charge is 0.325 e. The van der Waals surface area contributed by atoms with Gasteiger partial charge < -0.3 is 14.0 Å². The van der Waals surface area contributed by atoms with E-state index in [2.05, 4.69) is 4.99 Å². The number of hydrogen-bond donors (Lipinski definition) is 0. The molecule has 3 aromatic rings. The van der Waals surface area contributed by atoms with Crippen LogP contribution in [0.25, 0.3) is 10.2 Å². The standard InChI is InChI=1S/C20H20N2O4S/c1-12-8-16-17(9-13(12)2)27-20(22(16)11-18(23)26-4)21-19(24)14-6-5-7-15(10-14)25-3/h5-10H,11H2,1-4H3. The Balaban J connectivity index is 2.16. The lowest BCUT2D eigenvalue weighted by Crippen LogP contribution is -2.22. The third kappa shape index (κ3) is 3.93. The lowest BCUT2D eigenvalue weighted by Gasteiger charge is -2.05. The molecule has 7 heteroatoms. The highest BCUT2D eigenvalue weighted by Gasteiger charge is 2.14. The number of esters is 1. The van der Waals surface area contributed by atoms with E-state index in [1.807, 2.05) is 26.0 Å². The van der Waals surface area contributed by atoms with Crippen LogP contribution in [0, 0.1) is 13.8 Å². The summed E-state index contributed by atoms with van der Waals surface area (Å²) in [6.45, 7) is 4.02. The molecule has 6 nitrogen and oxygen atoms in total. The monoisotopic (exact) mass is 384 g/mol. The molecule has 0 aliphatic rings. The van der Waals surface area contributed by atoms with Crippen LogP contribution >= 0.6 is 11.3 Å². The highest BCUT2D eigenvalue weighted by atomic mass is 32.1. The fraction of sp³-hybridized carbons (Fsp3) is 0.250. The van der Waals surface area contributed by atoms with Gasteiger partial charge in [0, 0.05) is 5.56 Å². The molecule has 0 radical (unpaired) electrons. The molecular formula is C20H20N2O4S. The molecule has 0 unspecified atom stereocenters. The highest BCUT2D eigenvalue weighted by Crippen LogP contribution is 2.22. The first-order chi connectivity index (χ1) is 12.9. The number of carbonyl (C=O) groups is 2. The topological polar surface area (TPSA) is 69.9 Å². The summed E-state index contributed by atoms with van der Waals surface area (Å²) in [7, 11) is 2.88. The zero-order chi connectivity index (χ0) is 19.6. The fourth-order valence-electron chi connectivity index (χ4n) is 2.66. The van der Waals surface area contributed by atoms with E-state index in [-0.39, 0.29) is 6.54 Å². The molecular weight excluding hydrogens is 364 g/mol. The second-order valence-corrected chi connectivity index (χ2v) is 7.11. The molecule has 2 aromatic carbocycles. The third-order valence-corrected chi connectivity index (χ3v) is 5.37. The second-order valence-electron chi connectivity index (χ2n) is 6.10. The van der Waals surface area contributed by atoms with Gasteiger partial charge in [0.2, 0.25) is 0 Å². The van der Waals surface area contributed by atoms with Crippen LogP contribution in [0.3, 0.4) is 0 Å². The number of fused-ring (bicyclic) bond motifs is 1. The highest BCUT2D eigenvalue weighted by molar-refractivity contribution is 7.16. The van der Waals surface area contributed by atoms with Crippen LogP contribution in [-0.2, 0) is 16.1 Å². The fourth-order valence-corrected chi connectivity index (χ4v) is 3.77. The first-order valence-corrected chi connectivity index (χ1v) is 9.15. The molecule has 0 aliphatic heterocycles. The van der Waals surface area contributed by atoms with Crippen molar-refractivity contribution in [1.82, 2.24) is 4.57 Å². The van der Waals surface area contributed by atoms with Crippen LogP contribution in [0.15, 0.2) is 41.4 Å². The van der Waals surface area contributed by atoms with E-state index in [1.54, 1.807) is 35.9 Å². The summed E-state index contributed by atoms with van der Waals surface area (Å²) in [5, 5.41) is 0. The van der Waals surface area contributed by atoms with E-state index in [4.69, 9.17) is 9.47 Å². The summed E-state index contributed by atoms with van der Waals surface area (Å²) in [6.07, 6.45) is 0. The van der Waals surface area contributed by atoms with E-state index in [0.29, 0.717) is 16.1 Å². The number of aryl methyl sites for hydroxylation is 2. The largest absolute Gasteiger partial charge is 0.497 e. The molecule has 0 bridgehead atoms. The first kappa shape index (κ1) is 18.8. The number of aromatic nitrogens is 1. The first-order valence-electron chi connectivity index (χ1n) is 8.33. The molecule has 3 rings (SSSR count). The molecule has 0 atom stereocenters. The van der Waals surface area contributed by atoms with Gasteiger partial charge in [-0.05, 0) is 55.3 Å². The Morgan fingerprint density at radius 2 is 1.85 bits per heavy atom. The molecule has 0 N–H and O–H groups in total. The zero-order valence-electron chi connectivity index (χ0n) is 15.6. The number of methoxy groups -OCH3 is 2. The minimum absolute atomic E-state index is 0.0107. The second kappa shape index (κ2) is 7.75. The molecule has 1 amide bonds. The number of ether oxygens (including phenoxy) is 2. The maximum absolute atomic E-state index is 12.7. The predicted molar refractivity (Wildman–Crippen MR) is 104 cm³/mol. The van der Waals surface area contributed by atoms with Crippen LogP contribution in [0.2, 0.25) is 0 Å². The normalized spacial score (nSPS) is 11.6. The molecule has 0 spiro atoms. The average Bonchev–Trinajstić information content (AvgIpc) is 2.98. The maximum Gasteiger partial charge on any atom is 0.325 e. The van der Waals surface area contributed by atoms with Crippen molar-refractivity contribution in [1.29, 1.82) is 0 Å². The molecule has 27 heavy (non-hydrogen) atoms. The van der Waals surface area contributed by atoms with Crippen molar-refractivity contribution >= 4 is 33.4 Å². The van der Waals surface area contributed by atoms with Crippen molar-refractivity contribution in [2.75, 3.05) is 14.2 Å². The summed E-state index contributed by atoms with van der Waals surface area (Å²) >= 11 is 1.37. The van der Waals surface area contributed by atoms with Crippen LogP contribution in [-0.4, -0.2) is 30.7 Å². The van der Waals surface area contributed by atoms with Crippen LogP contribution in [0.4, 0.5) is 0 Å². The van der Waals surface area contributed by atoms with Gasteiger partial charge in [0.15, 0.2) is 4.80 Å². The van der Waals surface area contributed by atoms with Crippen molar-refractivity contribution in [2.24, 2.45) is 4.99 Å². The van der Waals surface area contributed by atoms with Crippen LogP contribution in [0.1, 0.15) is 21.5 Å².